The lowest BCUT2D eigenvalue weighted by molar-refractivity contribution is 0.101. The van der Waals surface area contributed by atoms with Crippen LogP contribution in [-0.4, -0.2) is 16.8 Å². The summed E-state index contributed by atoms with van der Waals surface area (Å²) in [6.45, 7) is 0. The fraction of sp³-hybridized carbons (Fsp3) is 0. The van der Waals surface area contributed by atoms with Gasteiger partial charge in [-0.2, -0.15) is 0 Å². The summed E-state index contributed by atoms with van der Waals surface area (Å²) in [6, 6.07) is 10.1. The minimum Gasteiger partial charge on any atom is -0.320 e. The lowest BCUT2D eigenvalue weighted by Crippen LogP contribution is -2.18. The van der Waals surface area contributed by atoms with Gasteiger partial charge in [-0.1, -0.05) is 29.3 Å². The maximum absolute atomic E-state index is 13.7. The molecule has 2 aromatic carbocycles. The molecule has 0 aliphatic carbocycles. The van der Waals surface area contributed by atoms with E-state index in [1.165, 1.54) is 18.3 Å². The van der Waals surface area contributed by atoms with Crippen molar-refractivity contribution in [3.63, 3.8) is 0 Å². The van der Waals surface area contributed by atoms with Crippen molar-refractivity contribution in [1.82, 2.24) is 4.98 Å². The first-order valence-electron chi connectivity index (χ1n) is 7.83. The number of anilines is 2. The maximum Gasteiger partial charge on any atom is 0.274 e. The van der Waals surface area contributed by atoms with Crippen LogP contribution in [0.25, 0.3) is 0 Å². The number of carbonyl (C=O) groups is 2. The Labute approximate surface area is 168 Å². The topological polar surface area (TPSA) is 71.1 Å². The molecule has 0 spiro atoms. The Morgan fingerprint density at radius 1 is 0.857 bits per heavy atom. The van der Waals surface area contributed by atoms with E-state index in [9.17, 15) is 18.4 Å². The van der Waals surface area contributed by atoms with Crippen LogP contribution in [0.1, 0.15) is 20.8 Å². The zero-order valence-corrected chi connectivity index (χ0v) is 15.5. The van der Waals surface area contributed by atoms with Crippen LogP contribution in [0.5, 0.6) is 0 Å². The third kappa shape index (κ3) is 4.44. The molecule has 9 heteroatoms. The van der Waals surface area contributed by atoms with E-state index in [0.29, 0.717) is 0 Å². The summed E-state index contributed by atoms with van der Waals surface area (Å²) in [6.07, 6.45) is 1.44. The number of pyridine rings is 1. The van der Waals surface area contributed by atoms with Crippen LogP contribution in [0.3, 0.4) is 0 Å². The van der Waals surface area contributed by atoms with E-state index in [1.807, 2.05) is 0 Å². The normalized spacial score (nSPS) is 10.4. The smallest absolute Gasteiger partial charge is 0.274 e. The van der Waals surface area contributed by atoms with Gasteiger partial charge in [-0.3, -0.25) is 14.6 Å². The second kappa shape index (κ2) is 8.33. The first kappa shape index (κ1) is 19.7. The number of hydrogen-bond donors (Lipinski definition) is 2. The quantitative estimate of drug-likeness (QED) is 0.570. The highest BCUT2D eigenvalue weighted by atomic mass is 35.5. The summed E-state index contributed by atoms with van der Waals surface area (Å²) < 4.78 is 27.3. The third-order valence-electron chi connectivity index (χ3n) is 3.63. The molecule has 1 heterocycles. The Morgan fingerprint density at radius 3 is 2.32 bits per heavy atom. The number of nitrogens with zero attached hydrogens (tertiary/aromatic N) is 1. The molecular formula is C19H11Cl2F2N3O2. The van der Waals surface area contributed by atoms with E-state index in [2.05, 4.69) is 15.6 Å². The maximum atomic E-state index is 13.7. The fourth-order valence-corrected chi connectivity index (χ4v) is 2.77. The molecule has 3 aromatic rings. The number of rotatable bonds is 4. The van der Waals surface area contributed by atoms with Gasteiger partial charge in [0.2, 0.25) is 0 Å². The van der Waals surface area contributed by atoms with Gasteiger partial charge in [-0.15, -0.1) is 0 Å². The van der Waals surface area contributed by atoms with Crippen molar-refractivity contribution in [2.24, 2.45) is 0 Å². The van der Waals surface area contributed by atoms with Gasteiger partial charge < -0.3 is 10.6 Å². The highest BCUT2D eigenvalue weighted by Gasteiger charge is 2.17. The fourth-order valence-electron chi connectivity index (χ4n) is 2.30. The minimum absolute atomic E-state index is 0.0410. The van der Waals surface area contributed by atoms with Crippen molar-refractivity contribution in [3.8, 4) is 0 Å². The average molecular weight is 422 g/mol. The molecule has 0 unspecified atom stereocenters. The van der Waals surface area contributed by atoms with E-state index in [0.717, 1.165) is 24.3 Å². The Bertz CT molecular complexity index is 1060. The van der Waals surface area contributed by atoms with Crippen LogP contribution < -0.4 is 10.6 Å². The van der Waals surface area contributed by atoms with Gasteiger partial charge in [0, 0.05) is 6.20 Å². The summed E-state index contributed by atoms with van der Waals surface area (Å²) in [5.41, 5.74) is 0.0124. The molecule has 28 heavy (non-hydrogen) atoms. The van der Waals surface area contributed by atoms with Crippen molar-refractivity contribution < 1.29 is 18.4 Å². The van der Waals surface area contributed by atoms with Gasteiger partial charge in [0.05, 0.1) is 27.0 Å². The van der Waals surface area contributed by atoms with Crippen molar-refractivity contribution in [1.29, 1.82) is 0 Å². The van der Waals surface area contributed by atoms with Crippen LogP contribution in [0.2, 0.25) is 10.0 Å². The van der Waals surface area contributed by atoms with Gasteiger partial charge in [0.1, 0.15) is 17.3 Å². The Hall–Kier alpha value is -3.03. The van der Waals surface area contributed by atoms with E-state index < -0.39 is 23.4 Å². The summed E-state index contributed by atoms with van der Waals surface area (Å²) in [4.78, 5) is 28.7. The van der Waals surface area contributed by atoms with Gasteiger partial charge in [-0.25, -0.2) is 8.78 Å². The van der Waals surface area contributed by atoms with E-state index in [1.54, 1.807) is 12.1 Å². The molecule has 142 valence electrons. The molecule has 0 aliphatic heterocycles. The predicted octanol–water partition coefficient (Wildman–Crippen LogP) is 5.17. The molecule has 0 saturated heterocycles. The van der Waals surface area contributed by atoms with Crippen LogP contribution in [-0.2, 0) is 0 Å². The number of amides is 2. The molecule has 5 nitrogen and oxygen atoms in total. The van der Waals surface area contributed by atoms with E-state index in [4.69, 9.17) is 23.2 Å². The lowest BCUT2D eigenvalue weighted by atomic mass is 10.2. The minimum atomic E-state index is -0.834. The van der Waals surface area contributed by atoms with E-state index in [-0.39, 0.29) is 32.7 Å². The Kier molecular flexibility index (Phi) is 5.87. The van der Waals surface area contributed by atoms with Crippen molar-refractivity contribution in [2.45, 2.75) is 0 Å². The molecule has 0 radical (unpaired) electrons. The SMILES string of the molecule is O=C(Nc1ccc(F)cc1NC(=O)c1cc(F)c(Cl)cc1Cl)c1ccccn1. The predicted molar refractivity (Wildman–Crippen MR) is 103 cm³/mol. The Morgan fingerprint density at radius 2 is 1.61 bits per heavy atom. The summed E-state index contributed by atoms with van der Waals surface area (Å²) in [5, 5.41) is 4.61. The summed E-state index contributed by atoms with van der Waals surface area (Å²) in [5.74, 6) is -2.85. The molecule has 0 fully saturated rings. The monoisotopic (exact) mass is 421 g/mol. The van der Waals surface area contributed by atoms with Crippen LogP contribution in [0.4, 0.5) is 20.2 Å². The average Bonchev–Trinajstić information content (AvgIpc) is 2.67. The first-order chi connectivity index (χ1) is 13.3. The molecule has 0 bridgehead atoms. The van der Waals surface area contributed by atoms with Gasteiger partial charge >= 0.3 is 0 Å². The number of hydrogen-bond acceptors (Lipinski definition) is 3. The lowest BCUT2D eigenvalue weighted by Gasteiger charge is -2.13. The number of nitrogens with one attached hydrogen (secondary N) is 2. The highest BCUT2D eigenvalue weighted by Crippen LogP contribution is 2.28. The molecule has 0 atom stereocenters. The number of benzene rings is 2. The third-order valence-corrected chi connectivity index (χ3v) is 4.23. The summed E-state index contributed by atoms with van der Waals surface area (Å²) >= 11 is 11.6. The standard InChI is InChI=1S/C19H11Cl2F2N3O2/c20-12-9-13(21)14(23)8-11(12)18(27)26-17-7-10(22)4-5-15(17)25-19(28)16-3-1-2-6-24-16/h1-9H,(H,25,28)(H,26,27). The highest BCUT2D eigenvalue weighted by molar-refractivity contribution is 6.37. The second-order valence-electron chi connectivity index (χ2n) is 5.56. The zero-order valence-electron chi connectivity index (χ0n) is 14.0. The van der Waals surface area contributed by atoms with Crippen molar-refractivity contribution in [3.05, 3.63) is 87.7 Å². The van der Waals surface area contributed by atoms with Gasteiger partial charge in [-0.05, 0) is 42.5 Å². The molecule has 2 amide bonds. The molecule has 3 rings (SSSR count). The molecule has 2 N–H and O–H groups in total. The Balaban J connectivity index is 1.88. The zero-order chi connectivity index (χ0) is 20.3. The largest absolute Gasteiger partial charge is 0.320 e. The summed E-state index contributed by atoms with van der Waals surface area (Å²) in [7, 11) is 0. The van der Waals surface area contributed by atoms with Gasteiger partial charge in [0.25, 0.3) is 11.8 Å². The number of aromatic nitrogens is 1. The number of carbonyl (C=O) groups excluding carboxylic acids is 2. The van der Waals surface area contributed by atoms with Crippen molar-refractivity contribution in [2.75, 3.05) is 10.6 Å². The molecule has 0 aliphatic rings. The first-order valence-corrected chi connectivity index (χ1v) is 8.58. The molecular weight excluding hydrogens is 411 g/mol. The second-order valence-corrected chi connectivity index (χ2v) is 6.37. The van der Waals surface area contributed by atoms with E-state index >= 15 is 0 Å². The van der Waals surface area contributed by atoms with Gasteiger partial charge in [0.15, 0.2) is 0 Å². The number of halogens is 4. The molecule has 0 saturated carbocycles. The molecule has 1 aromatic heterocycles. The van der Waals surface area contributed by atoms with Crippen LogP contribution >= 0.6 is 23.2 Å². The van der Waals surface area contributed by atoms with Crippen LogP contribution in [0, 0.1) is 11.6 Å². The van der Waals surface area contributed by atoms with Crippen molar-refractivity contribution >= 4 is 46.4 Å². The van der Waals surface area contributed by atoms with Crippen LogP contribution in [0.15, 0.2) is 54.7 Å².